The maximum absolute atomic E-state index is 12.0. The Kier molecular flexibility index (Phi) is 5.65. The minimum Gasteiger partial charge on any atom is -0.484 e. The van der Waals surface area contributed by atoms with Gasteiger partial charge in [-0.1, -0.05) is 22.9 Å². The number of carbonyl (C=O) groups excluding carboxylic acids is 1. The lowest BCUT2D eigenvalue weighted by atomic mass is 10.1. The molecule has 1 atom stereocenters. The summed E-state index contributed by atoms with van der Waals surface area (Å²) in [4.78, 5) is 18.3. The molecule has 1 saturated heterocycles. The summed E-state index contributed by atoms with van der Waals surface area (Å²) in [6.45, 7) is 4.05. The Morgan fingerprint density at radius 2 is 2.16 bits per heavy atom. The van der Waals surface area contributed by atoms with Crippen LogP contribution in [0.25, 0.3) is 0 Å². The number of benzene rings is 1. The smallest absolute Gasteiger partial charge is 0.264 e. The van der Waals surface area contributed by atoms with E-state index in [-0.39, 0.29) is 18.4 Å². The van der Waals surface area contributed by atoms with E-state index in [1.54, 1.807) is 7.11 Å². The summed E-state index contributed by atoms with van der Waals surface area (Å²) in [6, 6.07) is 7.80. The summed E-state index contributed by atoms with van der Waals surface area (Å²) < 4.78 is 15.9. The average Bonchev–Trinajstić information content (AvgIpc) is 3.28. The molecule has 1 amide bonds. The number of hydrogen-bond donors (Lipinski definition) is 0. The molecular formula is C18H23N3O4. The Hall–Kier alpha value is -2.41. The molecule has 0 bridgehead atoms. The Balaban J connectivity index is 1.51. The molecule has 1 aliphatic heterocycles. The van der Waals surface area contributed by atoms with Gasteiger partial charge in [0.25, 0.3) is 5.89 Å². The molecule has 1 aromatic heterocycles. The first kappa shape index (κ1) is 17.4. The first-order valence-electron chi connectivity index (χ1n) is 8.44. The Morgan fingerprint density at radius 1 is 1.36 bits per heavy atom. The molecule has 0 saturated carbocycles. The Bertz CT molecular complexity index is 699. The molecule has 0 spiro atoms. The Labute approximate surface area is 146 Å². The molecule has 7 heteroatoms. The van der Waals surface area contributed by atoms with Crippen molar-refractivity contribution in [3.05, 3.63) is 41.5 Å². The molecule has 0 aliphatic carbocycles. The van der Waals surface area contributed by atoms with Crippen LogP contribution in [0.4, 0.5) is 0 Å². The number of ether oxygens (including phenoxy) is 2. The molecule has 1 aliphatic rings. The van der Waals surface area contributed by atoms with Crippen LogP contribution >= 0.6 is 0 Å². The molecule has 3 rings (SSSR count). The number of likely N-dealkylation sites (tertiary alicyclic amines) is 1. The van der Waals surface area contributed by atoms with Crippen LogP contribution in [0, 0.1) is 6.92 Å². The van der Waals surface area contributed by atoms with Crippen molar-refractivity contribution in [1.82, 2.24) is 15.0 Å². The van der Waals surface area contributed by atoms with Gasteiger partial charge in [0.05, 0.1) is 13.0 Å². The molecule has 1 unspecified atom stereocenters. The third-order valence-electron chi connectivity index (χ3n) is 4.29. The first-order chi connectivity index (χ1) is 12.2. The molecule has 7 nitrogen and oxygen atoms in total. The van der Waals surface area contributed by atoms with Crippen molar-refractivity contribution >= 4 is 5.91 Å². The topological polar surface area (TPSA) is 77.7 Å². The SMILES string of the molecule is COCCC(=O)N1CCC(c2noc(COc3ccc(C)cc3)n2)C1. The van der Waals surface area contributed by atoms with Crippen molar-refractivity contribution in [3.63, 3.8) is 0 Å². The van der Waals surface area contributed by atoms with Gasteiger partial charge in [0.1, 0.15) is 5.75 Å². The lowest BCUT2D eigenvalue weighted by Crippen LogP contribution is -2.29. The van der Waals surface area contributed by atoms with Crippen LogP contribution in [-0.4, -0.2) is 47.8 Å². The fourth-order valence-corrected chi connectivity index (χ4v) is 2.82. The molecule has 0 radical (unpaired) electrons. The third kappa shape index (κ3) is 4.57. The van der Waals surface area contributed by atoms with Crippen LogP contribution in [0.15, 0.2) is 28.8 Å². The quantitative estimate of drug-likeness (QED) is 0.766. The van der Waals surface area contributed by atoms with Crippen LogP contribution in [-0.2, 0) is 16.1 Å². The fraction of sp³-hybridized carbons (Fsp3) is 0.500. The number of carbonyl (C=O) groups is 1. The molecule has 0 N–H and O–H groups in total. The van der Waals surface area contributed by atoms with E-state index in [2.05, 4.69) is 10.1 Å². The van der Waals surface area contributed by atoms with Crippen LogP contribution in [0.2, 0.25) is 0 Å². The van der Waals surface area contributed by atoms with Gasteiger partial charge in [-0.05, 0) is 25.5 Å². The van der Waals surface area contributed by atoms with Gasteiger partial charge in [-0.3, -0.25) is 4.79 Å². The normalized spacial score (nSPS) is 17.0. The van der Waals surface area contributed by atoms with E-state index in [1.807, 2.05) is 36.1 Å². The van der Waals surface area contributed by atoms with Crippen molar-refractivity contribution in [2.45, 2.75) is 32.3 Å². The highest BCUT2D eigenvalue weighted by atomic mass is 16.5. The van der Waals surface area contributed by atoms with Crippen molar-refractivity contribution in [1.29, 1.82) is 0 Å². The highest BCUT2D eigenvalue weighted by Crippen LogP contribution is 2.25. The zero-order valence-corrected chi connectivity index (χ0v) is 14.6. The maximum Gasteiger partial charge on any atom is 0.264 e. The standard InChI is InChI=1S/C18H23N3O4/c1-13-3-5-15(6-4-13)24-12-16-19-18(20-25-16)14-7-9-21(11-14)17(22)8-10-23-2/h3-6,14H,7-12H2,1-2H3. The highest BCUT2D eigenvalue weighted by Gasteiger charge is 2.30. The zero-order chi connectivity index (χ0) is 17.6. The number of aryl methyl sites for hydroxylation is 1. The van der Waals surface area contributed by atoms with Crippen LogP contribution < -0.4 is 4.74 Å². The predicted molar refractivity (Wildman–Crippen MR) is 90.2 cm³/mol. The molecule has 25 heavy (non-hydrogen) atoms. The van der Waals surface area contributed by atoms with Gasteiger partial charge in [0.15, 0.2) is 12.4 Å². The van der Waals surface area contributed by atoms with Gasteiger partial charge < -0.3 is 18.9 Å². The van der Waals surface area contributed by atoms with Gasteiger partial charge in [0, 0.05) is 26.1 Å². The average molecular weight is 345 g/mol. The molecule has 2 heterocycles. The van der Waals surface area contributed by atoms with E-state index < -0.39 is 0 Å². The number of hydrogen-bond acceptors (Lipinski definition) is 6. The summed E-state index contributed by atoms with van der Waals surface area (Å²) in [6.07, 6.45) is 1.25. The molecule has 134 valence electrons. The summed E-state index contributed by atoms with van der Waals surface area (Å²) in [5.41, 5.74) is 1.18. The van der Waals surface area contributed by atoms with E-state index in [9.17, 15) is 4.79 Å². The van der Waals surface area contributed by atoms with E-state index in [0.29, 0.717) is 31.3 Å². The lowest BCUT2D eigenvalue weighted by Gasteiger charge is -2.15. The van der Waals surface area contributed by atoms with E-state index >= 15 is 0 Å². The summed E-state index contributed by atoms with van der Waals surface area (Å²) in [5.74, 6) is 2.07. The number of aromatic nitrogens is 2. The monoisotopic (exact) mass is 345 g/mol. The van der Waals surface area contributed by atoms with Crippen LogP contribution in [0.1, 0.15) is 36.0 Å². The second-order valence-electron chi connectivity index (χ2n) is 6.22. The third-order valence-corrected chi connectivity index (χ3v) is 4.29. The van der Waals surface area contributed by atoms with Gasteiger partial charge in [0.2, 0.25) is 5.91 Å². The van der Waals surface area contributed by atoms with Gasteiger partial charge in [-0.15, -0.1) is 0 Å². The first-order valence-corrected chi connectivity index (χ1v) is 8.44. The van der Waals surface area contributed by atoms with E-state index in [0.717, 1.165) is 18.7 Å². The van der Waals surface area contributed by atoms with Gasteiger partial charge in [-0.25, -0.2) is 0 Å². The van der Waals surface area contributed by atoms with Crippen molar-refractivity contribution in [2.24, 2.45) is 0 Å². The highest BCUT2D eigenvalue weighted by molar-refractivity contribution is 5.76. The van der Waals surface area contributed by atoms with Crippen molar-refractivity contribution in [3.8, 4) is 5.75 Å². The van der Waals surface area contributed by atoms with Crippen molar-refractivity contribution < 1.29 is 18.8 Å². The summed E-state index contributed by atoms with van der Waals surface area (Å²) >= 11 is 0. The summed E-state index contributed by atoms with van der Waals surface area (Å²) in [7, 11) is 1.60. The Morgan fingerprint density at radius 3 is 2.92 bits per heavy atom. The molecule has 1 aromatic carbocycles. The van der Waals surface area contributed by atoms with E-state index in [1.165, 1.54) is 5.56 Å². The summed E-state index contributed by atoms with van der Waals surface area (Å²) in [5, 5.41) is 4.05. The van der Waals surface area contributed by atoms with Gasteiger partial charge in [-0.2, -0.15) is 4.98 Å². The number of methoxy groups -OCH3 is 1. The second-order valence-corrected chi connectivity index (χ2v) is 6.22. The molecule has 2 aromatic rings. The molecule has 1 fully saturated rings. The number of amides is 1. The van der Waals surface area contributed by atoms with E-state index in [4.69, 9.17) is 14.0 Å². The van der Waals surface area contributed by atoms with Crippen molar-refractivity contribution in [2.75, 3.05) is 26.8 Å². The van der Waals surface area contributed by atoms with Gasteiger partial charge >= 0.3 is 0 Å². The fourth-order valence-electron chi connectivity index (χ4n) is 2.82. The zero-order valence-electron chi connectivity index (χ0n) is 14.6. The number of rotatable bonds is 7. The maximum atomic E-state index is 12.0. The minimum atomic E-state index is 0.107. The van der Waals surface area contributed by atoms with Crippen LogP contribution in [0.3, 0.4) is 0 Å². The lowest BCUT2D eigenvalue weighted by molar-refractivity contribution is -0.131. The van der Waals surface area contributed by atoms with Crippen LogP contribution in [0.5, 0.6) is 5.75 Å². The minimum absolute atomic E-state index is 0.107. The molecular weight excluding hydrogens is 322 g/mol. The predicted octanol–water partition coefficient (Wildman–Crippen LogP) is 2.31. The second kappa shape index (κ2) is 8.11. The number of nitrogens with zero attached hydrogens (tertiary/aromatic N) is 3. The largest absolute Gasteiger partial charge is 0.484 e.